The standard InChI is InChI=1S/C17H14F3N3O3/c1-10-3-2-8-23(13(10)24)9-16(14(25)21-15(26)22-16)11-4-6-12(7-5-11)17(18,19)20/h2-8H,9H2,1H3,(H2,21,22,25,26). The molecule has 1 aliphatic heterocycles. The maximum Gasteiger partial charge on any atom is 0.416 e. The number of nitrogens with zero attached hydrogens (tertiary/aromatic N) is 1. The SMILES string of the molecule is Cc1cccn(CC2(c3ccc(C(F)(F)F)cc3)NC(=O)NC2=O)c1=O. The van der Waals surface area contributed by atoms with Crippen LogP contribution in [0.5, 0.6) is 0 Å². The molecule has 1 aromatic heterocycles. The van der Waals surface area contributed by atoms with Gasteiger partial charge in [-0.15, -0.1) is 0 Å². The summed E-state index contributed by atoms with van der Waals surface area (Å²) in [4.78, 5) is 36.4. The van der Waals surface area contributed by atoms with Gasteiger partial charge in [-0.25, -0.2) is 4.79 Å². The highest BCUT2D eigenvalue weighted by molar-refractivity contribution is 6.07. The Balaban J connectivity index is 2.09. The molecule has 3 rings (SSSR count). The lowest BCUT2D eigenvalue weighted by molar-refractivity contribution is -0.137. The molecule has 136 valence electrons. The van der Waals surface area contributed by atoms with Crippen LogP contribution >= 0.6 is 0 Å². The van der Waals surface area contributed by atoms with E-state index in [9.17, 15) is 27.6 Å². The summed E-state index contributed by atoms with van der Waals surface area (Å²) in [6, 6.07) is 6.31. The molecule has 2 N–H and O–H groups in total. The van der Waals surface area contributed by atoms with Crippen molar-refractivity contribution in [1.82, 2.24) is 15.2 Å². The second-order valence-electron chi connectivity index (χ2n) is 6.01. The van der Waals surface area contributed by atoms with Crippen LogP contribution in [-0.2, 0) is 23.1 Å². The lowest BCUT2D eigenvalue weighted by atomic mass is 9.89. The van der Waals surface area contributed by atoms with Crippen molar-refractivity contribution >= 4 is 11.9 Å². The van der Waals surface area contributed by atoms with E-state index in [0.29, 0.717) is 5.56 Å². The highest BCUT2D eigenvalue weighted by atomic mass is 19.4. The van der Waals surface area contributed by atoms with Gasteiger partial charge < -0.3 is 9.88 Å². The average Bonchev–Trinajstić information content (AvgIpc) is 2.86. The van der Waals surface area contributed by atoms with E-state index in [1.165, 1.54) is 10.8 Å². The Labute approximate surface area is 145 Å². The zero-order chi connectivity index (χ0) is 19.1. The number of rotatable bonds is 3. The van der Waals surface area contributed by atoms with Gasteiger partial charge in [-0.05, 0) is 30.7 Å². The van der Waals surface area contributed by atoms with Crippen LogP contribution in [0.4, 0.5) is 18.0 Å². The van der Waals surface area contributed by atoms with Crippen molar-refractivity contribution in [1.29, 1.82) is 0 Å². The number of halogens is 3. The minimum absolute atomic E-state index is 0.141. The predicted octanol–water partition coefficient (Wildman–Crippen LogP) is 1.91. The average molecular weight is 365 g/mol. The maximum atomic E-state index is 12.8. The summed E-state index contributed by atoms with van der Waals surface area (Å²) in [6.45, 7) is 1.34. The van der Waals surface area contributed by atoms with E-state index in [4.69, 9.17) is 0 Å². The highest BCUT2D eigenvalue weighted by Crippen LogP contribution is 2.32. The van der Waals surface area contributed by atoms with Gasteiger partial charge in [0.2, 0.25) is 0 Å². The van der Waals surface area contributed by atoms with Gasteiger partial charge >= 0.3 is 12.2 Å². The van der Waals surface area contributed by atoms with Gasteiger partial charge in [-0.1, -0.05) is 18.2 Å². The topological polar surface area (TPSA) is 80.2 Å². The number of urea groups is 1. The zero-order valence-corrected chi connectivity index (χ0v) is 13.6. The van der Waals surface area contributed by atoms with E-state index in [2.05, 4.69) is 10.6 Å². The van der Waals surface area contributed by atoms with E-state index in [1.54, 1.807) is 19.1 Å². The second kappa shape index (κ2) is 6.01. The molecule has 2 heterocycles. The zero-order valence-electron chi connectivity index (χ0n) is 13.6. The quantitative estimate of drug-likeness (QED) is 0.816. The lowest BCUT2D eigenvalue weighted by Crippen LogP contribution is -2.49. The Hall–Kier alpha value is -3.10. The Morgan fingerprint density at radius 2 is 1.73 bits per heavy atom. The number of pyridine rings is 1. The van der Waals surface area contributed by atoms with E-state index in [-0.39, 0.29) is 17.7 Å². The normalized spacial score (nSPS) is 20.0. The highest BCUT2D eigenvalue weighted by Gasteiger charge is 2.48. The molecule has 1 aromatic carbocycles. The van der Waals surface area contributed by atoms with E-state index < -0.39 is 29.2 Å². The fraction of sp³-hybridized carbons (Fsp3) is 0.235. The number of benzene rings is 1. The molecular weight excluding hydrogens is 351 g/mol. The second-order valence-corrected chi connectivity index (χ2v) is 6.01. The number of aromatic nitrogens is 1. The van der Waals surface area contributed by atoms with Gasteiger partial charge in [-0.2, -0.15) is 13.2 Å². The fourth-order valence-corrected chi connectivity index (χ4v) is 2.88. The Kier molecular flexibility index (Phi) is 4.09. The first-order chi connectivity index (χ1) is 12.1. The van der Waals surface area contributed by atoms with Crippen molar-refractivity contribution < 1.29 is 22.8 Å². The molecule has 9 heteroatoms. The number of carbonyl (C=O) groups is 2. The van der Waals surface area contributed by atoms with Crippen molar-refractivity contribution in [3.8, 4) is 0 Å². The van der Waals surface area contributed by atoms with Gasteiger partial charge in [-0.3, -0.25) is 14.9 Å². The van der Waals surface area contributed by atoms with Gasteiger partial charge in [0, 0.05) is 11.8 Å². The van der Waals surface area contributed by atoms with Crippen molar-refractivity contribution in [2.24, 2.45) is 0 Å². The maximum absolute atomic E-state index is 12.8. The molecule has 0 bridgehead atoms. The van der Waals surface area contributed by atoms with Crippen LogP contribution in [0.1, 0.15) is 16.7 Å². The van der Waals surface area contributed by atoms with E-state index >= 15 is 0 Å². The minimum Gasteiger partial charge on any atom is -0.318 e. The van der Waals surface area contributed by atoms with Crippen molar-refractivity contribution in [3.63, 3.8) is 0 Å². The van der Waals surface area contributed by atoms with E-state index in [1.807, 2.05) is 0 Å². The molecule has 26 heavy (non-hydrogen) atoms. The molecule has 6 nitrogen and oxygen atoms in total. The number of hydrogen-bond acceptors (Lipinski definition) is 3. The van der Waals surface area contributed by atoms with Crippen LogP contribution in [0.2, 0.25) is 0 Å². The number of aryl methyl sites for hydroxylation is 1. The van der Waals surface area contributed by atoms with Crippen molar-refractivity contribution in [2.45, 2.75) is 25.2 Å². The first-order valence-electron chi connectivity index (χ1n) is 7.61. The monoisotopic (exact) mass is 365 g/mol. The smallest absolute Gasteiger partial charge is 0.318 e. The molecule has 3 amide bonds. The molecule has 1 atom stereocenters. The molecule has 0 aliphatic carbocycles. The molecular formula is C17H14F3N3O3. The van der Waals surface area contributed by atoms with Gasteiger partial charge in [0.1, 0.15) is 0 Å². The summed E-state index contributed by atoms with van der Waals surface area (Å²) >= 11 is 0. The van der Waals surface area contributed by atoms with Crippen molar-refractivity contribution in [2.75, 3.05) is 0 Å². The number of nitrogens with one attached hydrogen (secondary N) is 2. The Morgan fingerprint density at radius 3 is 2.27 bits per heavy atom. The number of carbonyl (C=O) groups excluding carboxylic acids is 2. The molecule has 0 radical (unpaired) electrons. The summed E-state index contributed by atoms with van der Waals surface area (Å²) in [5.41, 5.74) is -2.36. The fourth-order valence-electron chi connectivity index (χ4n) is 2.88. The van der Waals surface area contributed by atoms with Crippen LogP contribution in [0.15, 0.2) is 47.4 Å². The third kappa shape index (κ3) is 2.96. The molecule has 1 fully saturated rings. The third-order valence-corrected chi connectivity index (χ3v) is 4.26. The van der Waals surface area contributed by atoms with Gasteiger partial charge in [0.15, 0.2) is 5.54 Å². The number of imide groups is 1. The summed E-state index contributed by atoms with van der Waals surface area (Å²) in [5, 5.41) is 4.53. The van der Waals surface area contributed by atoms with E-state index in [0.717, 1.165) is 24.3 Å². The number of hydrogen-bond donors (Lipinski definition) is 2. The molecule has 2 aromatic rings. The molecule has 1 unspecified atom stereocenters. The molecule has 1 aliphatic rings. The summed E-state index contributed by atoms with van der Waals surface area (Å²) in [7, 11) is 0. The molecule has 1 saturated heterocycles. The number of amides is 3. The van der Waals surface area contributed by atoms with Crippen LogP contribution < -0.4 is 16.2 Å². The largest absolute Gasteiger partial charge is 0.416 e. The first-order valence-corrected chi connectivity index (χ1v) is 7.61. The van der Waals surface area contributed by atoms with Crippen molar-refractivity contribution in [3.05, 3.63) is 69.6 Å². The lowest BCUT2D eigenvalue weighted by Gasteiger charge is -2.27. The molecule has 0 spiro atoms. The van der Waals surface area contributed by atoms with Crippen LogP contribution in [-0.4, -0.2) is 16.5 Å². The Morgan fingerprint density at radius 1 is 1.08 bits per heavy atom. The Bertz CT molecular complexity index is 935. The summed E-state index contributed by atoms with van der Waals surface area (Å²) in [6.07, 6.45) is -3.08. The predicted molar refractivity (Wildman–Crippen MR) is 85.2 cm³/mol. The summed E-state index contributed by atoms with van der Waals surface area (Å²) < 4.78 is 39.6. The minimum atomic E-state index is -4.53. The van der Waals surface area contributed by atoms with Crippen LogP contribution in [0, 0.1) is 6.92 Å². The van der Waals surface area contributed by atoms with Crippen LogP contribution in [0.3, 0.4) is 0 Å². The first kappa shape index (κ1) is 17.7. The summed E-state index contributed by atoms with van der Waals surface area (Å²) in [5.74, 6) is -0.740. The molecule has 0 saturated carbocycles. The van der Waals surface area contributed by atoms with Gasteiger partial charge in [0.25, 0.3) is 11.5 Å². The third-order valence-electron chi connectivity index (χ3n) is 4.26. The van der Waals surface area contributed by atoms with Crippen LogP contribution in [0.25, 0.3) is 0 Å². The van der Waals surface area contributed by atoms with Gasteiger partial charge in [0.05, 0.1) is 12.1 Å². The number of alkyl halides is 3.